The molecule has 0 radical (unpaired) electrons. The fourth-order valence-corrected chi connectivity index (χ4v) is 3.05. The summed E-state index contributed by atoms with van der Waals surface area (Å²) in [6.45, 7) is 0. The summed E-state index contributed by atoms with van der Waals surface area (Å²) in [5, 5.41) is -0.0175. The van der Waals surface area contributed by atoms with Crippen LogP contribution < -0.4 is 0 Å². The van der Waals surface area contributed by atoms with E-state index in [9.17, 15) is 8.42 Å². The van der Waals surface area contributed by atoms with E-state index in [4.69, 9.17) is 51.0 Å². The van der Waals surface area contributed by atoms with Gasteiger partial charge in [-0.2, -0.15) is 8.42 Å². The summed E-state index contributed by atoms with van der Waals surface area (Å²) in [5.74, 6) is 0.199. The molecule has 0 aliphatic heterocycles. The van der Waals surface area contributed by atoms with Crippen LogP contribution in [-0.2, 0) is 16.5 Å². The second-order valence-electron chi connectivity index (χ2n) is 2.88. The van der Waals surface area contributed by atoms with Crippen molar-refractivity contribution in [3.05, 3.63) is 26.7 Å². The number of halogens is 4. The third-order valence-electron chi connectivity index (χ3n) is 1.84. The van der Waals surface area contributed by atoms with Gasteiger partial charge in [-0.1, -0.05) is 34.8 Å². The average Bonchev–Trinajstić information content (AvgIpc) is 2.16. The summed E-state index contributed by atoms with van der Waals surface area (Å²) in [5.41, 5.74) is 0.304. The first-order valence-electron chi connectivity index (χ1n) is 3.99. The topological polar surface area (TPSA) is 54.4 Å². The molecular weight excluding hydrogens is 318 g/mol. The Morgan fingerprint density at radius 1 is 1.19 bits per heavy atom. The number of rotatable bonds is 3. The lowest BCUT2D eigenvalue weighted by Crippen LogP contribution is -2.03. The van der Waals surface area contributed by atoms with E-state index in [-0.39, 0.29) is 27.4 Å². The minimum atomic E-state index is -4.43. The molecule has 0 bridgehead atoms. The van der Waals surface area contributed by atoms with E-state index in [1.54, 1.807) is 0 Å². The largest absolute Gasteiger partial charge is 0.296 e. The van der Waals surface area contributed by atoms with Crippen LogP contribution in [0.4, 0.5) is 0 Å². The van der Waals surface area contributed by atoms with Crippen molar-refractivity contribution in [3.8, 4) is 0 Å². The molecule has 0 amide bonds. The van der Waals surface area contributed by atoms with Gasteiger partial charge in [0, 0.05) is 5.88 Å². The van der Waals surface area contributed by atoms with Crippen LogP contribution in [0.25, 0.3) is 0 Å². The molecule has 16 heavy (non-hydrogen) atoms. The summed E-state index contributed by atoms with van der Waals surface area (Å²) in [7, 11) is -4.43. The first kappa shape index (κ1) is 14.4. The Labute approximate surface area is 113 Å². The van der Waals surface area contributed by atoms with Crippen LogP contribution in [-0.4, -0.2) is 18.9 Å². The van der Waals surface area contributed by atoms with Gasteiger partial charge in [0.1, 0.15) is 4.90 Å². The molecule has 0 saturated carbocycles. The van der Waals surface area contributed by atoms with Gasteiger partial charge < -0.3 is 0 Å². The molecule has 1 N–H and O–H groups in total. The van der Waals surface area contributed by atoms with E-state index in [1.807, 2.05) is 0 Å². The number of hydrogen-bond donors (Lipinski definition) is 1. The monoisotopic (exact) mass is 322 g/mol. The molecule has 8 heteroatoms. The van der Waals surface area contributed by atoms with E-state index >= 15 is 0 Å². The third kappa shape index (κ3) is 2.94. The van der Waals surface area contributed by atoms with E-state index < -0.39 is 15.0 Å². The predicted molar refractivity (Wildman–Crippen MR) is 65.7 cm³/mol. The smallest absolute Gasteiger partial charge is 0.282 e. The third-order valence-corrected chi connectivity index (χ3v) is 4.27. The fourth-order valence-electron chi connectivity index (χ4n) is 1.13. The maximum atomic E-state index is 11.0. The van der Waals surface area contributed by atoms with Gasteiger partial charge >= 0.3 is 0 Å². The van der Waals surface area contributed by atoms with Crippen molar-refractivity contribution in [3.63, 3.8) is 0 Å². The van der Waals surface area contributed by atoms with Crippen LogP contribution in [0.5, 0.6) is 0 Å². The van der Waals surface area contributed by atoms with E-state index in [0.717, 1.165) is 6.07 Å². The fraction of sp³-hybridized carbons (Fsp3) is 0.250. The van der Waals surface area contributed by atoms with Crippen molar-refractivity contribution in [1.29, 1.82) is 0 Å². The van der Waals surface area contributed by atoms with Crippen LogP contribution in [0.1, 0.15) is 5.56 Å². The van der Waals surface area contributed by atoms with Gasteiger partial charge in [0.05, 0.1) is 15.1 Å². The van der Waals surface area contributed by atoms with Crippen LogP contribution in [0, 0.1) is 0 Å². The zero-order valence-electron chi connectivity index (χ0n) is 7.68. The molecular formula is C8H6Cl4O3S. The standard InChI is InChI=1S/C8H6Cl4O3S/c9-2-1-4-7(11)5(10)3-6(8(4)12)16(13,14)15/h3H,1-2H2,(H,13,14,15). The minimum absolute atomic E-state index is 0.00110. The zero-order valence-corrected chi connectivity index (χ0v) is 11.5. The maximum Gasteiger partial charge on any atom is 0.296 e. The molecule has 0 aliphatic rings. The van der Waals surface area contributed by atoms with Gasteiger partial charge in [0.2, 0.25) is 0 Å². The average molecular weight is 324 g/mol. The highest BCUT2D eigenvalue weighted by Gasteiger charge is 2.21. The second-order valence-corrected chi connectivity index (χ2v) is 5.81. The Morgan fingerprint density at radius 3 is 2.19 bits per heavy atom. The van der Waals surface area contributed by atoms with Gasteiger partial charge in [-0.3, -0.25) is 4.55 Å². The SMILES string of the molecule is O=S(=O)(O)c1cc(Cl)c(Cl)c(CCCl)c1Cl. The van der Waals surface area contributed by atoms with Crippen molar-refractivity contribution in [2.24, 2.45) is 0 Å². The lowest BCUT2D eigenvalue weighted by molar-refractivity contribution is 0.483. The van der Waals surface area contributed by atoms with Crippen molar-refractivity contribution < 1.29 is 13.0 Å². The van der Waals surface area contributed by atoms with Crippen LogP contribution >= 0.6 is 46.4 Å². The minimum Gasteiger partial charge on any atom is -0.282 e. The van der Waals surface area contributed by atoms with Crippen LogP contribution in [0.3, 0.4) is 0 Å². The van der Waals surface area contributed by atoms with Crippen LogP contribution in [0.15, 0.2) is 11.0 Å². The molecule has 0 saturated heterocycles. The zero-order chi connectivity index (χ0) is 12.5. The van der Waals surface area contributed by atoms with Crippen molar-refractivity contribution in [1.82, 2.24) is 0 Å². The lowest BCUT2D eigenvalue weighted by Gasteiger charge is -2.10. The van der Waals surface area contributed by atoms with Crippen LogP contribution in [0.2, 0.25) is 15.1 Å². The first-order valence-corrected chi connectivity index (χ1v) is 7.09. The Hall–Kier alpha value is 0.290. The first-order chi connectivity index (χ1) is 7.29. The molecule has 1 aromatic rings. The lowest BCUT2D eigenvalue weighted by atomic mass is 10.2. The normalized spacial score (nSPS) is 11.8. The summed E-state index contributed by atoms with van der Waals surface area (Å²) in [6.07, 6.45) is 0.252. The van der Waals surface area contributed by atoms with Gasteiger partial charge in [-0.15, -0.1) is 11.6 Å². The van der Waals surface area contributed by atoms with E-state index in [1.165, 1.54) is 0 Å². The molecule has 0 aliphatic carbocycles. The second kappa shape index (κ2) is 5.29. The van der Waals surface area contributed by atoms with Crippen molar-refractivity contribution in [2.75, 3.05) is 5.88 Å². The molecule has 0 heterocycles. The summed E-state index contributed by atoms with van der Waals surface area (Å²) in [6, 6.07) is 0.999. The highest BCUT2D eigenvalue weighted by Crippen LogP contribution is 2.37. The van der Waals surface area contributed by atoms with Gasteiger partial charge in [-0.25, -0.2) is 0 Å². The Kier molecular flexibility index (Phi) is 4.75. The van der Waals surface area contributed by atoms with Crippen molar-refractivity contribution >= 4 is 56.5 Å². The molecule has 0 fully saturated rings. The van der Waals surface area contributed by atoms with Crippen molar-refractivity contribution in [2.45, 2.75) is 11.3 Å². The van der Waals surface area contributed by atoms with Gasteiger partial charge in [-0.05, 0) is 18.1 Å². The Morgan fingerprint density at radius 2 is 1.75 bits per heavy atom. The number of benzene rings is 1. The number of alkyl halides is 1. The van der Waals surface area contributed by atoms with E-state index in [0.29, 0.717) is 5.56 Å². The highest BCUT2D eigenvalue weighted by atomic mass is 35.5. The van der Waals surface area contributed by atoms with E-state index in [2.05, 4.69) is 0 Å². The summed E-state index contributed by atoms with van der Waals surface area (Å²) in [4.78, 5) is -0.469. The Balaban J connectivity index is 3.57. The quantitative estimate of drug-likeness (QED) is 0.524. The molecule has 1 aromatic carbocycles. The van der Waals surface area contributed by atoms with Gasteiger partial charge in [0.25, 0.3) is 10.1 Å². The molecule has 0 atom stereocenters. The number of hydrogen-bond acceptors (Lipinski definition) is 2. The molecule has 3 nitrogen and oxygen atoms in total. The molecule has 0 spiro atoms. The molecule has 0 unspecified atom stereocenters. The van der Waals surface area contributed by atoms with Gasteiger partial charge in [0.15, 0.2) is 0 Å². The molecule has 0 aromatic heterocycles. The predicted octanol–water partition coefficient (Wildman–Crippen LogP) is 3.67. The molecule has 1 rings (SSSR count). The highest BCUT2D eigenvalue weighted by molar-refractivity contribution is 7.86. The summed E-state index contributed by atoms with van der Waals surface area (Å²) >= 11 is 22.9. The summed E-state index contributed by atoms with van der Waals surface area (Å²) < 4.78 is 31.0. The molecule has 90 valence electrons. The Bertz CT molecular complexity index is 513. The maximum absolute atomic E-state index is 11.0.